The third-order valence-electron chi connectivity index (χ3n) is 4.09. The number of rotatable bonds is 4. The molecule has 0 spiro atoms. The Bertz CT molecular complexity index is 568. The highest BCUT2D eigenvalue weighted by Crippen LogP contribution is 2.25. The molecule has 1 aliphatic heterocycles. The first-order valence-corrected chi connectivity index (χ1v) is 8.72. The lowest BCUT2D eigenvalue weighted by Gasteiger charge is -2.25. The van der Waals surface area contributed by atoms with E-state index < -0.39 is 6.04 Å². The quantitative estimate of drug-likeness (QED) is 0.924. The standard InChI is InChI=1S/C16H24N2O3S/c1-9(2)11(4)17-15(19)14-7-22-8-18(14)16(20)13-6-10(3)21-12(13)5/h6,9,11,14H,7-8H2,1-5H3,(H,17,19)/t11-,14-/m0/s1. The van der Waals surface area contributed by atoms with Crippen molar-refractivity contribution in [1.82, 2.24) is 10.2 Å². The van der Waals surface area contributed by atoms with Gasteiger partial charge in [-0.15, -0.1) is 11.8 Å². The van der Waals surface area contributed by atoms with Crippen molar-refractivity contribution in [3.63, 3.8) is 0 Å². The minimum absolute atomic E-state index is 0.0718. The van der Waals surface area contributed by atoms with Gasteiger partial charge < -0.3 is 14.6 Å². The van der Waals surface area contributed by atoms with Crippen LogP contribution >= 0.6 is 11.8 Å². The first kappa shape index (κ1) is 16.9. The zero-order valence-electron chi connectivity index (χ0n) is 13.8. The molecule has 1 aliphatic rings. The van der Waals surface area contributed by atoms with E-state index in [-0.39, 0.29) is 17.9 Å². The number of aryl methyl sites for hydroxylation is 2. The molecule has 0 aliphatic carbocycles. The lowest BCUT2D eigenvalue weighted by Crippen LogP contribution is -2.50. The first-order valence-electron chi connectivity index (χ1n) is 7.57. The van der Waals surface area contributed by atoms with Gasteiger partial charge in [0, 0.05) is 11.8 Å². The van der Waals surface area contributed by atoms with Crippen LogP contribution in [-0.4, -0.2) is 40.4 Å². The normalized spacial score (nSPS) is 19.5. The van der Waals surface area contributed by atoms with Gasteiger partial charge in [-0.2, -0.15) is 0 Å². The van der Waals surface area contributed by atoms with E-state index in [1.54, 1.807) is 29.7 Å². The average molecular weight is 324 g/mol. The van der Waals surface area contributed by atoms with Gasteiger partial charge in [-0.1, -0.05) is 13.8 Å². The van der Waals surface area contributed by atoms with Gasteiger partial charge in [0.2, 0.25) is 5.91 Å². The summed E-state index contributed by atoms with van der Waals surface area (Å²) >= 11 is 1.60. The van der Waals surface area contributed by atoms with Crippen LogP contribution in [0.2, 0.25) is 0 Å². The number of nitrogens with one attached hydrogen (secondary N) is 1. The van der Waals surface area contributed by atoms with Crippen LogP contribution in [0.25, 0.3) is 0 Å². The van der Waals surface area contributed by atoms with E-state index in [0.29, 0.717) is 34.6 Å². The Kier molecular flexibility index (Phi) is 5.21. The van der Waals surface area contributed by atoms with Crippen LogP contribution in [0.4, 0.5) is 0 Å². The van der Waals surface area contributed by atoms with Crippen molar-refractivity contribution in [3.8, 4) is 0 Å². The summed E-state index contributed by atoms with van der Waals surface area (Å²) in [6.45, 7) is 9.71. The summed E-state index contributed by atoms with van der Waals surface area (Å²) in [6, 6.07) is 1.42. The van der Waals surface area contributed by atoms with Crippen molar-refractivity contribution in [2.75, 3.05) is 11.6 Å². The molecule has 0 saturated carbocycles. The second kappa shape index (κ2) is 6.77. The fourth-order valence-electron chi connectivity index (χ4n) is 2.35. The van der Waals surface area contributed by atoms with E-state index in [9.17, 15) is 9.59 Å². The molecule has 1 saturated heterocycles. The van der Waals surface area contributed by atoms with E-state index in [2.05, 4.69) is 19.2 Å². The number of amides is 2. The number of carbonyl (C=O) groups is 2. The second-order valence-electron chi connectivity index (χ2n) is 6.16. The highest BCUT2D eigenvalue weighted by atomic mass is 32.2. The second-order valence-corrected chi connectivity index (χ2v) is 7.16. The maximum absolute atomic E-state index is 12.7. The molecule has 122 valence electrons. The predicted octanol–water partition coefficient (Wildman–Crippen LogP) is 2.57. The maximum Gasteiger partial charge on any atom is 0.258 e. The molecular formula is C16H24N2O3S. The van der Waals surface area contributed by atoms with Crippen LogP contribution in [-0.2, 0) is 4.79 Å². The Morgan fingerprint density at radius 1 is 1.36 bits per heavy atom. The summed E-state index contributed by atoms with van der Waals surface area (Å²) < 4.78 is 5.43. The SMILES string of the molecule is Cc1cc(C(=O)N2CSC[C@H]2C(=O)N[C@@H](C)C(C)C)c(C)o1. The number of thioether (sulfide) groups is 1. The molecule has 2 amide bonds. The Hall–Kier alpha value is -1.43. The fourth-order valence-corrected chi connectivity index (χ4v) is 3.50. The highest BCUT2D eigenvalue weighted by Gasteiger charge is 2.36. The van der Waals surface area contributed by atoms with Gasteiger partial charge in [0.1, 0.15) is 17.6 Å². The molecule has 1 aromatic heterocycles. The summed E-state index contributed by atoms with van der Waals surface area (Å²) in [5, 5.41) is 3.01. The number of furan rings is 1. The molecular weight excluding hydrogens is 300 g/mol. The van der Waals surface area contributed by atoms with Gasteiger partial charge in [0.15, 0.2) is 0 Å². The van der Waals surface area contributed by atoms with E-state index >= 15 is 0 Å². The third kappa shape index (κ3) is 3.48. The summed E-state index contributed by atoms with van der Waals surface area (Å²) in [5.41, 5.74) is 0.551. The number of hydrogen-bond donors (Lipinski definition) is 1. The highest BCUT2D eigenvalue weighted by molar-refractivity contribution is 7.99. The molecule has 2 atom stereocenters. The molecule has 0 aromatic carbocycles. The summed E-state index contributed by atoms with van der Waals surface area (Å²) in [5.74, 6) is 2.65. The smallest absolute Gasteiger partial charge is 0.258 e. The van der Waals surface area contributed by atoms with Crippen molar-refractivity contribution in [1.29, 1.82) is 0 Å². The molecule has 0 radical (unpaired) electrons. The van der Waals surface area contributed by atoms with Crippen LogP contribution in [0, 0.1) is 19.8 Å². The third-order valence-corrected chi connectivity index (χ3v) is 5.10. The van der Waals surface area contributed by atoms with Crippen molar-refractivity contribution in [3.05, 3.63) is 23.2 Å². The molecule has 22 heavy (non-hydrogen) atoms. The van der Waals surface area contributed by atoms with E-state index in [0.717, 1.165) is 0 Å². The predicted molar refractivity (Wildman–Crippen MR) is 87.9 cm³/mol. The molecule has 2 rings (SSSR count). The molecule has 0 unspecified atom stereocenters. The summed E-state index contributed by atoms with van der Waals surface area (Å²) in [4.78, 5) is 26.8. The van der Waals surface area contributed by atoms with Crippen molar-refractivity contribution >= 4 is 23.6 Å². The number of nitrogens with zero attached hydrogens (tertiary/aromatic N) is 1. The van der Waals surface area contributed by atoms with Crippen molar-refractivity contribution in [2.45, 2.75) is 46.7 Å². The maximum atomic E-state index is 12.7. The van der Waals surface area contributed by atoms with Gasteiger partial charge in [0.25, 0.3) is 5.91 Å². The molecule has 2 heterocycles. The minimum atomic E-state index is -0.409. The number of carbonyl (C=O) groups excluding carboxylic acids is 2. The molecule has 1 N–H and O–H groups in total. The van der Waals surface area contributed by atoms with Gasteiger partial charge >= 0.3 is 0 Å². The van der Waals surface area contributed by atoms with Crippen molar-refractivity contribution in [2.24, 2.45) is 5.92 Å². The van der Waals surface area contributed by atoms with Gasteiger partial charge in [-0.3, -0.25) is 9.59 Å². The lowest BCUT2D eigenvalue weighted by molar-refractivity contribution is -0.125. The topological polar surface area (TPSA) is 62.6 Å². The zero-order valence-corrected chi connectivity index (χ0v) is 14.6. The van der Waals surface area contributed by atoms with Crippen LogP contribution < -0.4 is 5.32 Å². The van der Waals surface area contributed by atoms with Crippen LogP contribution in [0.1, 0.15) is 42.6 Å². The van der Waals surface area contributed by atoms with Crippen molar-refractivity contribution < 1.29 is 14.0 Å². The van der Waals surface area contributed by atoms with Crippen LogP contribution in [0.3, 0.4) is 0 Å². The molecule has 5 nitrogen and oxygen atoms in total. The fraction of sp³-hybridized carbons (Fsp3) is 0.625. The minimum Gasteiger partial charge on any atom is -0.466 e. The Morgan fingerprint density at radius 3 is 2.59 bits per heavy atom. The lowest BCUT2D eigenvalue weighted by atomic mass is 10.1. The Labute approximate surface area is 135 Å². The van der Waals surface area contributed by atoms with Gasteiger partial charge in [-0.25, -0.2) is 0 Å². The molecule has 0 bridgehead atoms. The van der Waals surface area contributed by atoms with E-state index in [4.69, 9.17) is 4.42 Å². The van der Waals surface area contributed by atoms with E-state index in [1.807, 2.05) is 13.8 Å². The summed E-state index contributed by atoms with van der Waals surface area (Å²) in [6.07, 6.45) is 0. The average Bonchev–Trinajstić information content (AvgIpc) is 3.04. The van der Waals surface area contributed by atoms with E-state index in [1.165, 1.54) is 0 Å². The van der Waals surface area contributed by atoms with Gasteiger partial charge in [0.05, 0.1) is 11.4 Å². The van der Waals surface area contributed by atoms with Crippen LogP contribution in [0.15, 0.2) is 10.5 Å². The molecule has 1 aromatic rings. The zero-order chi connectivity index (χ0) is 16.4. The van der Waals surface area contributed by atoms with Gasteiger partial charge in [-0.05, 0) is 32.8 Å². The Morgan fingerprint density at radius 2 is 2.05 bits per heavy atom. The monoisotopic (exact) mass is 324 g/mol. The van der Waals surface area contributed by atoms with Crippen LogP contribution in [0.5, 0.6) is 0 Å². The first-order chi connectivity index (χ1) is 10.3. The largest absolute Gasteiger partial charge is 0.466 e. The summed E-state index contributed by atoms with van der Waals surface area (Å²) in [7, 11) is 0. The number of hydrogen-bond acceptors (Lipinski definition) is 4. The Balaban J connectivity index is 2.12. The molecule has 6 heteroatoms. The molecule has 1 fully saturated rings.